The Bertz CT molecular complexity index is 888. The number of amides is 3. The maximum Gasteiger partial charge on any atom is 0.321 e. The Morgan fingerprint density at radius 1 is 1.07 bits per heavy atom. The minimum absolute atomic E-state index is 0.0503. The number of carbonyl (C=O) groups is 2. The highest BCUT2D eigenvalue weighted by atomic mass is 35.5. The molecule has 2 fully saturated rings. The van der Waals surface area contributed by atoms with Gasteiger partial charge in [0.2, 0.25) is 0 Å². The number of piperazine rings is 1. The molecular formula is C21H23ClN4O2. The van der Waals surface area contributed by atoms with Crippen LogP contribution in [0, 0.1) is 0 Å². The lowest BCUT2D eigenvalue weighted by Crippen LogP contribution is -2.49. The van der Waals surface area contributed by atoms with E-state index in [1.807, 2.05) is 41.3 Å². The third-order valence-electron chi connectivity index (χ3n) is 5.25. The summed E-state index contributed by atoms with van der Waals surface area (Å²) < 4.78 is 0. The molecule has 2 heterocycles. The predicted octanol–water partition coefficient (Wildman–Crippen LogP) is 3.05. The van der Waals surface area contributed by atoms with Crippen LogP contribution in [0.15, 0.2) is 48.5 Å². The van der Waals surface area contributed by atoms with Crippen LogP contribution in [-0.4, -0.2) is 49.6 Å². The molecule has 2 N–H and O–H groups in total. The molecule has 2 aliphatic rings. The summed E-state index contributed by atoms with van der Waals surface area (Å²) in [6, 6.07) is 14.7. The van der Waals surface area contributed by atoms with E-state index in [-0.39, 0.29) is 18.0 Å². The summed E-state index contributed by atoms with van der Waals surface area (Å²) in [5.74, 6) is -0.0503. The third-order valence-corrected chi connectivity index (χ3v) is 5.60. The molecule has 7 heteroatoms. The van der Waals surface area contributed by atoms with Crippen LogP contribution in [0.2, 0.25) is 5.02 Å². The molecule has 0 aliphatic carbocycles. The van der Waals surface area contributed by atoms with Crippen molar-refractivity contribution in [2.75, 3.05) is 37.6 Å². The Morgan fingerprint density at radius 3 is 2.75 bits per heavy atom. The highest BCUT2D eigenvalue weighted by Crippen LogP contribution is 2.30. The summed E-state index contributed by atoms with van der Waals surface area (Å²) in [6.45, 7) is 3.33. The molecule has 28 heavy (non-hydrogen) atoms. The van der Waals surface area contributed by atoms with Crippen LogP contribution in [0.4, 0.5) is 10.5 Å². The van der Waals surface area contributed by atoms with Gasteiger partial charge >= 0.3 is 6.03 Å². The molecule has 1 unspecified atom stereocenters. The SMILES string of the molecule is O=C1NCCCN1c1cccc(C(=O)N2CCNCC2c2ccccc2Cl)c1. The second-order valence-corrected chi connectivity index (χ2v) is 7.43. The first-order valence-corrected chi connectivity index (χ1v) is 9.94. The first-order valence-electron chi connectivity index (χ1n) is 9.57. The number of nitrogens with zero attached hydrogens (tertiary/aromatic N) is 2. The quantitative estimate of drug-likeness (QED) is 0.835. The van der Waals surface area contributed by atoms with Gasteiger partial charge in [0.25, 0.3) is 5.91 Å². The van der Waals surface area contributed by atoms with Gasteiger partial charge in [0, 0.05) is 49.0 Å². The van der Waals surface area contributed by atoms with Crippen LogP contribution >= 0.6 is 11.6 Å². The topological polar surface area (TPSA) is 64.7 Å². The van der Waals surface area contributed by atoms with E-state index < -0.39 is 0 Å². The molecule has 0 saturated carbocycles. The van der Waals surface area contributed by atoms with Crippen molar-refractivity contribution in [1.82, 2.24) is 15.5 Å². The maximum absolute atomic E-state index is 13.3. The Morgan fingerprint density at radius 2 is 1.93 bits per heavy atom. The lowest BCUT2D eigenvalue weighted by atomic mass is 10.0. The number of nitrogens with one attached hydrogen (secondary N) is 2. The Balaban J connectivity index is 1.61. The Kier molecular flexibility index (Phi) is 5.50. The summed E-state index contributed by atoms with van der Waals surface area (Å²) in [7, 11) is 0. The number of carbonyl (C=O) groups excluding carboxylic acids is 2. The van der Waals surface area contributed by atoms with Crippen LogP contribution in [0.5, 0.6) is 0 Å². The molecule has 2 aromatic carbocycles. The average Bonchev–Trinajstić information content (AvgIpc) is 2.74. The van der Waals surface area contributed by atoms with Crippen molar-refractivity contribution in [3.63, 3.8) is 0 Å². The molecule has 2 aliphatic heterocycles. The van der Waals surface area contributed by atoms with Gasteiger partial charge in [0.15, 0.2) is 0 Å². The van der Waals surface area contributed by atoms with Gasteiger partial charge in [-0.25, -0.2) is 4.79 Å². The second-order valence-electron chi connectivity index (χ2n) is 7.03. The maximum atomic E-state index is 13.3. The van der Waals surface area contributed by atoms with Crippen LogP contribution < -0.4 is 15.5 Å². The van der Waals surface area contributed by atoms with Gasteiger partial charge in [-0.2, -0.15) is 0 Å². The lowest BCUT2D eigenvalue weighted by Gasteiger charge is -2.37. The third kappa shape index (κ3) is 3.70. The Hall–Kier alpha value is -2.57. The van der Waals surface area contributed by atoms with Gasteiger partial charge in [0.1, 0.15) is 0 Å². The summed E-state index contributed by atoms with van der Waals surface area (Å²) >= 11 is 6.40. The van der Waals surface area contributed by atoms with Crippen molar-refractivity contribution in [2.45, 2.75) is 12.5 Å². The summed E-state index contributed by atoms with van der Waals surface area (Å²) in [4.78, 5) is 29.0. The minimum Gasteiger partial charge on any atom is -0.338 e. The predicted molar refractivity (Wildman–Crippen MR) is 110 cm³/mol. The molecule has 4 rings (SSSR count). The molecule has 0 spiro atoms. The first kappa shape index (κ1) is 18.8. The molecule has 1 atom stereocenters. The van der Waals surface area contributed by atoms with Gasteiger partial charge in [-0.05, 0) is 36.2 Å². The van der Waals surface area contributed by atoms with Crippen molar-refractivity contribution in [3.05, 3.63) is 64.7 Å². The van der Waals surface area contributed by atoms with E-state index in [1.165, 1.54) is 0 Å². The van der Waals surface area contributed by atoms with Crippen LogP contribution in [0.1, 0.15) is 28.4 Å². The van der Waals surface area contributed by atoms with Crippen LogP contribution in [-0.2, 0) is 0 Å². The average molecular weight is 399 g/mol. The highest BCUT2D eigenvalue weighted by molar-refractivity contribution is 6.31. The van der Waals surface area contributed by atoms with Gasteiger partial charge in [-0.1, -0.05) is 35.9 Å². The molecule has 3 amide bonds. The zero-order chi connectivity index (χ0) is 19.5. The fourth-order valence-corrected chi connectivity index (χ4v) is 4.08. The normalized spacial score (nSPS) is 20.0. The monoisotopic (exact) mass is 398 g/mol. The molecule has 0 bridgehead atoms. The number of urea groups is 1. The van der Waals surface area contributed by atoms with E-state index in [4.69, 9.17) is 11.6 Å². The smallest absolute Gasteiger partial charge is 0.321 e. The summed E-state index contributed by atoms with van der Waals surface area (Å²) in [5.41, 5.74) is 2.26. The van der Waals surface area contributed by atoms with Crippen molar-refractivity contribution >= 4 is 29.2 Å². The van der Waals surface area contributed by atoms with E-state index in [0.717, 1.165) is 24.2 Å². The highest BCUT2D eigenvalue weighted by Gasteiger charge is 2.30. The lowest BCUT2D eigenvalue weighted by molar-refractivity contribution is 0.0634. The van der Waals surface area contributed by atoms with Gasteiger partial charge in [-0.15, -0.1) is 0 Å². The number of anilines is 1. The fourth-order valence-electron chi connectivity index (χ4n) is 3.82. The molecule has 2 aromatic rings. The minimum atomic E-state index is -0.128. The van der Waals surface area contributed by atoms with Gasteiger partial charge in [0.05, 0.1) is 6.04 Å². The van der Waals surface area contributed by atoms with Gasteiger partial charge in [-0.3, -0.25) is 9.69 Å². The molecule has 2 saturated heterocycles. The molecule has 6 nitrogen and oxygen atoms in total. The van der Waals surface area contributed by atoms with Crippen molar-refractivity contribution in [2.24, 2.45) is 0 Å². The molecule has 0 radical (unpaired) electrons. The van der Waals surface area contributed by atoms with E-state index in [0.29, 0.717) is 36.8 Å². The Labute approximate surface area is 169 Å². The van der Waals surface area contributed by atoms with E-state index in [1.54, 1.807) is 17.0 Å². The first-order chi connectivity index (χ1) is 13.6. The fraction of sp³-hybridized carbons (Fsp3) is 0.333. The van der Waals surface area contributed by atoms with E-state index in [9.17, 15) is 9.59 Å². The number of halogens is 1. The number of benzene rings is 2. The van der Waals surface area contributed by atoms with E-state index >= 15 is 0 Å². The van der Waals surface area contributed by atoms with Crippen molar-refractivity contribution < 1.29 is 9.59 Å². The second kappa shape index (κ2) is 8.20. The number of hydrogen-bond acceptors (Lipinski definition) is 3. The number of rotatable bonds is 3. The van der Waals surface area contributed by atoms with Crippen molar-refractivity contribution in [1.29, 1.82) is 0 Å². The summed E-state index contributed by atoms with van der Waals surface area (Å²) in [5, 5.41) is 6.86. The largest absolute Gasteiger partial charge is 0.338 e. The van der Waals surface area contributed by atoms with E-state index in [2.05, 4.69) is 10.6 Å². The van der Waals surface area contributed by atoms with Crippen molar-refractivity contribution in [3.8, 4) is 0 Å². The van der Waals surface area contributed by atoms with Gasteiger partial charge < -0.3 is 15.5 Å². The molecular weight excluding hydrogens is 376 g/mol. The van der Waals surface area contributed by atoms with Crippen LogP contribution in [0.25, 0.3) is 0 Å². The molecule has 146 valence electrons. The zero-order valence-corrected chi connectivity index (χ0v) is 16.3. The standard InChI is InChI=1S/C21H23ClN4O2/c22-18-8-2-1-7-17(18)19-14-23-10-12-26(19)20(27)15-5-3-6-16(13-15)25-11-4-9-24-21(25)28/h1-3,5-8,13,19,23H,4,9-12,14H2,(H,24,28). The zero-order valence-electron chi connectivity index (χ0n) is 15.5. The summed E-state index contributed by atoms with van der Waals surface area (Å²) in [6.07, 6.45) is 0.885. The molecule has 0 aromatic heterocycles. The van der Waals surface area contributed by atoms with Crippen LogP contribution in [0.3, 0.4) is 0 Å². The number of hydrogen-bond donors (Lipinski definition) is 2.